The van der Waals surface area contributed by atoms with E-state index < -0.39 is 0 Å². The summed E-state index contributed by atoms with van der Waals surface area (Å²) in [5, 5.41) is 7.16. The third-order valence-corrected chi connectivity index (χ3v) is 6.39. The van der Waals surface area contributed by atoms with Crippen LogP contribution < -0.4 is 10.6 Å². The number of ether oxygens (including phenoxy) is 1. The van der Waals surface area contributed by atoms with E-state index in [4.69, 9.17) is 4.74 Å². The second-order valence-electron chi connectivity index (χ2n) is 9.60. The monoisotopic (exact) mass is 414 g/mol. The molecule has 2 fully saturated rings. The zero-order valence-corrected chi connectivity index (χ0v) is 19.5. The summed E-state index contributed by atoms with van der Waals surface area (Å²) in [7, 11) is 1.87. The van der Waals surface area contributed by atoms with Crippen LogP contribution in [0.25, 0.3) is 0 Å². The molecule has 1 aromatic rings. The third-order valence-electron chi connectivity index (χ3n) is 6.39. The number of likely N-dealkylation sites (tertiary alicyclic amines) is 1. The van der Waals surface area contributed by atoms with Crippen LogP contribution >= 0.6 is 0 Å². The molecule has 1 aromatic carbocycles. The molecule has 0 saturated carbocycles. The summed E-state index contributed by atoms with van der Waals surface area (Å²) in [6.07, 6.45) is 5.12. The molecule has 30 heavy (non-hydrogen) atoms. The summed E-state index contributed by atoms with van der Waals surface area (Å²) >= 11 is 0. The standard InChI is InChI=1S/C25H42N4O/c1-19(2)17-29-13-5-7-21(18-29)15-27-25(26-4)28-16-23-8-6-14-30-24(23)22-11-9-20(3)10-12-22/h9-12,19,21,23-24H,5-8,13-18H2,1-4H3,(H2,26,27,28). The van der Waals surface area contributed by atoms with E-state index in [1.54, 1.807) is 0 Å². The molecule has 0 aromatic heterocycles. The molecule has 5 heteroatoms. The van der Waals surface area contributed by atoms with E-state index in [9.17, 15) is 0 Å². The van der Waals surface area contributed by atoms with E-state index in [0.29, 0.717) is 11.8 Å². The maximum atomic E-state index is 6.18. The van der Waals surface area contributed by atoms with Crippen molar-refractivity contribution in [1.82, 2.24) is 15.5 Å². The number of benzene rings is 1. The number of nitrogens with one attached hydrogen (secondary N) is 2. The largest absolute Gasteiger partial charge is 0.373 e. The van der Waals surface area contributed by atoms with E-state index in [1.165, 1.54) is 50.0 Å². The van der Waals surface area contributed by atoms with Crippen molar-refractivity contribution in [3.8, 4) is 0 Å². The number of aliphatic imine (C=N–C) groups is 1. The highest BCUT2D eigenvalue weighted by molar-refractivity contribution is 5.79. The lowest BCUT2D eigenvalue weighted by molar-refractivity contribution is -0.0265. The number of aryl methyl sites for hydroxylation is 1. The molecule has 168 valence electrons. The van der Waals surface area contributed by atoms with Crippen LogP contribution in [-0.2, 0) is 4.74 Å². The van der Waals surface area contributed by atoms with Crippen molar-refractivity contribution in [3.63, 3.8) is 0 Å². The lowest BCUT2D eigenvalue weighted by atomic mass is 9.89. The van der Waals surface area contributed by atoms with E-state index in [-0.39, 0.29) is 6.10 Å². The van der Waals surface area contributed by atoms with Gasteiger partial charge < -0.3 is 20.3 Å². The van der Waals surface area contributed by atoms with E-state index in [2.05, 4.69) is 65.6 Å². The van der Waals surface area contributed by atoms with Gasteiger partial charge in [-0.2, -0.15) is 0 Å². The number of hydrogen-bond acceptors (Lipinski definition) is 3. The molecule has 3 atom stereocenters. The second-order valence-corrected chi connectivity index (χ2v) is 9.60. The predicted molar refractivity (Wildman–Crippen MR) is 126 cm³/mol. The Hall–Kier alpha value is -1.59. The van der Waals surface area contributed by atoms with Crippen LogP contribution in [0.1, 0.15) is 56.8 Å². The number of rotatable bonds is 7. The maximum Gasteiger partial charge on any atom is 0.190 e. The lowest BCUT2D eigenvalue weighted by Crippen LogP contribution is -2.46. The van der Waals surface area contributed by atoms with Crippen molar-refractivity contribution in [3.05, 3.63) is 35.4 Å². The molecule has 3 unspecified atom stereocenters. The van der Waals surface area contributed by atoms with Gasteiger partial charge in [-0.05, 0) is 56.6 Å². The van der Waals surface area contributed by atoms with Crippen molar-refractivity contribution in [2.24, 2.45) is 22.7 Å². The van der Waals surface area contributed by atoms with Crippen molar-refractivity contribution in [2.75, 3.05) is 46.4 Å². The van der Waals surface area contributed by atoms with Crippen LogP contribution in [0, 0.1) is 24.7 Å². The summed E-state index contributed by atoms with van der Waals surface area (Å²) in [5.41, 5.74) is 2.59. The van der Waals surface area contributed by atoms with Gasteiger partial charge >= 0.3 is 0 Å². The minimum Gasteiger partial charge on any atom is -0.373 e. The molecule has 0 aliphatic carbocycles. The first-order valence-corrected chi connectivity index (χ1v) is 11.9. The van der Waals surface area contributed by atoms with Gasteiger partial charge in [-0.1, -0.05) is 43.7 Å². The van der Waals surface area contributed by atoms with Crippen molar-refractivity contribution in [1.29, 1.82) is 0 Å². The van der Waals surface area contributed by atoms with Crippen molar-refractivity contribution >= 4 is 5.96 Å². The Morgan fingerprint density at radius 1 is 1.13 bits per heavy atom. The van der Waals surface area contributed by atoms with E-state index >= 15 is 0 Å². The summed E-state index contributed by atoms with van der Waals surface area (Å²) in [6, 6.07) is 8.81. The minimum absolute atomic E-state index is 0.174. The van der Waals surface area contributed by atoms with Gasteiger partial charge in [0.25, 0.3) is 0 Å². The quantitative estimate of drug-likeness (QED) is 0.523. The Bertz CT molecular complexity index is 658. The first-order chi connectivity index (χ1) is 14.5. The molecule has 0 spiro atoms. The molecule has 2 N–H and O–H groups in total. The van der Waals surface area contributed by atoms with E-state index in [1.807, 2.05) is 7.05 Å². The topological polar surface area (TPSA) is 48.9 Å². The Morgan fingerprint density at radius 2 is 1.90 bits per heavy atom. The third kappa shape index (κ3) is 6.98. The Labute approximate surface area is 183 Å². The first-order valence-electron chi connectivity index (χ1n) is 11.9. The molecular weight excluding hydrogens is 372 g/mol. The average molecular weight is 415 g/mol. The summed E-state index contributed by atoms with van der Waals surface area (Å²) in [6.45, 7) is 13.2. The highest BCUT2D eigenvalue weighted by Gasteiger charge is 2.27. The highest BCUT2D eigenvalue weighted by Crippen LogP contribution is 2.33. The normalized spacial score (nSPS) is 26.0. The Morgan fingerprint density at radius 3 is 2.63 bits per heavy atom. The average Bonchev–Trinajstić information content (AvgIpc) is 2.74. The molecule has 2 saturated heterocycles. The molecule has 3 rings (SSSR count). The molecule has 5 nitrogen and oxygen atoms in total. The van der Waals surface area contributed by atoms with Crippen molar-refractivity contribution in [2.45, 2.75) is 52.6 Å². The zero-order valence-electron chi connectivity index (χ0n) is 19.5. The van der Waals surface area contributed by atoms with E-state index in [0.717, 1.165) is 38.0 Å². The lowest BCUT2D eigenvalue weighted by Gasteiger charge is -2.34. The minimum atomic E-state index is 0.174. The fourth-order valence-electron chi connectivity index (χ4n) is 4.87. The molecule has 0 radical (unpaired) electrons. The summed E-state index contributed by atoms with van der Waals surface area (Å²) in [5.74, 6) is 2.83. The van der Waals surface area contributed by atoms with Gasteiger partial charge in [0.2, 0.25) is 0 Å². The van der Waals surface area contributed by atoms with Crippen LogP contribution in [0.15, 0.2) is 29.3 Å². The fourth-order valence-corrected chi connectivity index (χ4v) is 4.87. The van der Waals surface area contributed by atoms with Crippen LogP contribution in [-0.4, -0.2) is 57.2 Å². The number of guanidine groups is 1. The van der Waals surface area contributed by atoms with Gasteiger partial charge in [-0.25, -0.2) is 0 Å². The van der Waals surface area contributed by atoms with Gasteiger partial charge in [0.15, 0.2) is 5.96 Å². The smallest absolute Gasteiger partial charge is 0.190 e. The van der Waals surface area contributed by atoms with Crippen LogP contribution in [0.2, 0.25) is 0 Å². The number of piperidine rings is 1. The SMILES string of the molecule is CN=C(NCC1CCCN(CC(C)C)C1)NCC1CCCOC1c1ccc(C)cc1. The van der Waals surface area contributed by atoms with Gasteiger partial charge in [-0.3, -0.25) is 4.99 Å². The predicted octanol–water partition coefficient (Wildman–Crippen LogP) is 4.00. The molecule has 2 aliphatic heterocycles. The number of hydrogen-bond donors (Lipinski definition) is 2. The van der Waals surface area contributed by atoms with Gasteiger partial charge in [0, 0.05) is 45.8 Å². The van der Waals surface area contributed by atoms with Crippen LogP contribution in [0.4, 0.5) is 0 Å². The molecule has 2 aliphatic rings. The van der Waals surface area contributed by atoms with Gasteiger partial charge in [0.1, 0.15) is 0 Å². The molecular formula is C25H42N4O. The van der Waals surface area contributed by atoms with Crippen LogP contribution in [0.5, 0.6) is 0 Å². The number of nitrogens with zero attached hydrogens (tertiary/aromatic N) is 2. The Kier molecular flexibility index (Phi) is 9.01. The highest BCUT2D eigenvalue weighted by atomic mass is 16.5. The molecule has 0 bridgehead atoms. The van der Waals surface area contributed by atoms with Gasteiger partial charge in [0.05, 0.1) is 6.10 Å². The zero-order chi connectivity index (χ0) is 21.3. The molecule has 2 heterocycles. The van der Waals surface area contributed by atoms with Crippen molar-refractivity contribution < 1.29 is 4.74 Å². The summed E-state index contributed by atoms with van der Waals surface area (Å²) in [4.78, 5) is 7.10. The maximum absolute atomic E-state index is 6.18. The second kappa shape index (κ2) is 11.7. The van der Waals surface area contributed by atoms with Gasteiger partial charge in [-0.15, -0.1) is 0 Å². The molecule has 0 amide bonds. The summed E-state index contributed by atoms with van der Waals surface area (Å²) < 4.78 is 6.18. The van der Waals surface area contributed by atoms with Crippen LogP contribution in [0.3, 0.4) is 0 Å². The fraction of sp³-hybridized carbons (Fsp3) is 0.720. The first kappa shape index (κ1) is 23.1. The Balaban J connectivity index is 1.47.